The fourth-order valence-corrected chi connectivity index (χ4v) is 4.93. The van der Waals surface area contributed by atoms with Crippen LogP contribution < -0.4 is 9.62 Å². The smallest absolute Gasteiger partial charge is 0.244 e. The molecule has 0 saturated carbocycles. The van der Waals surface area contributed by atoms with E-state index in [2.05, 4.69) is 5.32 Å². The molecule has 1 N–H and O–H groups in total. The summed E-state index contributed by atoms with van der Waals surface area (Å²) in [7, 11) is -3.89. The van der Waals surface area contributed by atoms with E-state index in [1.807, 2.05) is 58.0 Å². The largest absolute Gasteiger partial charge is 0.350 e. The van der Waals surface area contributed by atoms with E-state index in [0.717, 1.165) is 16.1 Å². The zero-order valence-electron chi connectivity index (χ0n) is 20.7. The lowest BCUT2D eigenvalue weighted by Gasteiger charge is -2.34. The molecule has 0 heterocycles. The molecule has 35 heavy (non-hydrogen) atoms. The Kier molecular flexibility index (Phi) is 10.0. The minimum absolute atomic E-state index is 0.0285. The van der Waals surface area contributed by atoms with Crippen molar-refractivity contribution in [2.45, 2.75) is 52.1 Å². The first kappa shape index (κ1) is 28.9. The highest BCUT2D eigenvalue weighted by Crippen LogP contribution is 2.33. The summed E-state index contributed by atoms with van der Waals surface area (Å²) in [5.74, 6) is -0.814. The van der Waals surface area contributed by atoms with E-state index in [-0.39, 0.29) is 28.2 Å². The van der Waals surface area contributed by atoms with Crippen LogP contribution in [0.4, 0.5) is 5.69 Å². The summed E-state index contributed by atoms with van der Waals surface area (Å²) >= 11 is 12.4. The Morgan fingerprint density at radius 3 is 2.20 bits per heavy atom. The summed E-state index contributed by atoms with van der Waals surface area (Å²) in [6.07, 6.45) is 1.86. The second-order valence-corrected chi connectivity index (χ2v) is 12.0. The summed E-state index contributed by atoms with van der Waals surface area (Å²) in [6.45, 7) is 7.12. The van der Waals surface area contributed by atoms with E-state index >= 15 is 0 Å². The van der Waals surface area contributed by atoms with Gasteiger partial charge in [0.2, 0.25) is 21.8 Å². The van der Waals surface area contributed by atoms with Crippen molar-refractivity contribution >= 4 is 50.7 Å². The first-order valence-corrected chi connectivity index (χ1v) is 13.9. The minimum Gasteiger partial charge on any atom is -0.350 e. The van der Waals surface area contributed by atoms with Gasteiger partial charge in [0.15, 0.2) is 0 Å². The van der Waals surface area contributed by atoms with Gasteiger partial charge in [-0.05, 0) is 51.3 Å². The third-order valence-corrected chi connectivity index (χ3v) is 7.18. The van der Waals surface area contributed by atoms with Gasteiger partial charge in [-0.3, -0.25) is 13.9 Å². The van der Waals surface area contributed by atoms with Crippen molar-refractivity contribution in [3.8, 4) is 0 Å². The molecule has 0 bridgehead atoms. The Morgan fingerprint density at radius 2 is 1.66 bits per heavy atom. The molecule has 10 heteroatoms. The molecule has 0 aliphatic carbocycles. The quantitative estimate of drug-likeness (QED) is 0.478. The fraction of sp³-hybridized carbons (Fsp3) is 0.440. The van der Waals surface area contributed by atoms with Crippen LogP contribution in [0.5, 0.6) is 0 Å². The van der Waals surface area contributed by atoms with Crippen molar-refractivity contribution in [2.75, 3.05) is 23.7 Å². The number of rotatable bonds is 10. The summed E-state index contributed by atoms with van der Waals surface area (Å²) in [4.78, 5) is 28.2. The van der Waals surface area contributed by atoms with Crippen molar-refractivity contribution in [2.24, 2.45) is 0 Å². The molecule has 0 unspecified atom stereocenters. The highest BCUT2D eigenvalue weighted by Gasteiger charge is 2.33. The summed E-state index contributed by atoms with van der Waals surface area (Å²) < 4.78 is 26.3. The predicted octanol–water partition coefficient (Wildman–Crippen LogP) is 4.52. The van der Waals surface area contributed by atoms with E-state index in [1.165, 1.54) is 17.0 Å². The van der Waals surface area contributed by atoms with Gasteiger partial charge in [0.1, 0.15) is 12.6 Å². The highest BCUT2D eigenvalue weighted by molar-refractivity contribution is 7.92. The molecule has 0 aliphatic rings. The molecule has 0 aliphatic heterocycles. The Balaban J connectivity index is 2.42. The van der Waals surface area contributed by atoms with Gasteiger partial charge in [-0.25, -0.2) is 8.42 Å². The van der Waals surface area contributed by atoms with Gasteiger partial charge in [0.05, 0.1) is 22.0 Å². The number of carbonyl (C=O) groups excluding carboxylic acids is 2. The van der Waals surface area contributed by atoms with Gasteiger partial charge in [0.25, 0.3) is 0 Å². The molecule has 0 spiro atoms. The lowest BCUT2D eigenvalue weighted by molar-refractivity contribution is -0.140. The molecule has 2 amide bonds. The second kappa shape index (κ2) is 12.1. The first-order chi connectivity index (χ1) is 16.2. The van der Waals surface area contributed by atoms with Crippen LogP contribution in [-0.4, -0.2) is 56.1 Å². The number of nitrogens with zero attached hydrogens (tertiary/aromatic N) is 2. The Bertz CT molecular complexity index is 1140. The third-order valence-electron chi connectivity index (χ3n) is 5.25. The van der Waals surface area contributed by atoms with Crippen LogP contribution in [0.3, 0.4) is 0 Å². The summed E-state index contributed by atoms with van der Waals surface area (Å²) in [6, 6.07) is 13.4. The van der Waals surface area contributed by atoms with Crippen LogP contribution in [-0.2, 0) is 26.0 Å². The van der Waals surface area contributed by atoms with Crippen molar-refractivity contribution in [1.29, 1.82) is 0 Å². The predicted molar refractivity (Wildman–Crippen MR) is 142 cm³/mol. The minimum atomic E-state index is -3.89. The van der Waals surface area contributed by atoms with E-state index < -0.39 is 34.1 Å². The fourth-order valence-electron chi connectivity index (χ4n) is 3.63. The molecule has 192 valence electrons. The van der Waals surface area contributed by atoms with Crippen molar-refractivity contribution < 1.29 is 18.0 Å². The maximum atomic E-state index is 13.6. The lowest BCUT2D eigenvalue weighted by atomic mass is 10.1. The number of halogens is 2. The standard InChI is InChI=1S/C25H33Cl2N3O4S/c1-6-20(24(32)28-25(2,3)4)29(16-15-18-11-8-7-9-12-18)22(31)17-30(35(5,33)34)21-14-10-13-19(26)23(21)27/h7-14,20H,6,15-17H2,1-5H3,(H,28,32)/t20-/m1/s1. The highest BCUT2D eigenvalue weighted by atomic mass is 35.5. The summed E-state index contributed by atoms with van der Waals surface area (Å²) in [5, 5.41) is 3.13. The molecular formula is C25H33Cl2N3O4S. The van der Waals surface area contributed by atoms with E-state index in [1.54, 1.807) is 6.07 Å². The number of sulfonamides is 1. The average molecular weight is 543 g/mol. The van der Waals surface area contributed by atoms with Crippen molar-refractivity contribution in [1.82, 2.24) is 10.2 Å². The van der Waals surface area contributed by atoms with Crippen molar-refractivity contribution in [3.63, 3.8) is 0 Å². The molecule has 0 saturated heterocycles. The first-order valence-electron chi connectivity index (χ1n) is 11.3. The molecule has 0 fully saturated rings. The molecule has 2 rings (SSSR count). The Labute approximate surface area is 218 Å². The van der Waals surface area contributed by atoms with Crippen LogP contribution in [0.1, 0.15) is 39.7 Å². The molecule has 0 aromatic heterocycles. The number of anilines is 1. The van der Waals surface area contributed by atoms with Gasteiger partial charge in [-0.15, -0.1) is 0 Å². The van der Waals surface area contributed by atoms with Crippen LogP contribution in [0.15, 0.2) is 48.5 Å². The van der Waals surface area contributed by atoms with Crippen LogP contribution >= 0.6 is 23.2 Å². The van der Waals surface area contributed by atoms with Gasteiger partial charge in [0, 0.05) is 12.1 Å². The summed E-state index contributed by atoms with van der Waals surface area (Å²) in [5.41, 5.74) is 0.602. The third kappa shape index (κ3) is 8.40. The molecule has 0 radical (unpaired) electrons. The number of carbonyl (C=O) groups is 2. The van der Waals surface area contributed by atoms with Crippen LogP contribution in [0, 0.1) is 0 Å². The Hall–Kier alpha value is -2.29. The average Bonchev–Trinajstić information content (AvgIpc) is 2.75. The van der Waals surface area contributed by atoms with E-state index in [4.69, 9.17) is 23.2 Å². The zero-order chi connectivity index (χ0) is 26.4. The second-order valence-electron chi connectivity index (χ2n) is 9.33. The number of benzene rings is 2. The number of nitrogens with one attached hydrogen (secondary N) is 1. The van der Waals surface area contributed by atoms with E-state index in [9.17, 15) is 18.0 Å². The molecule has 2 aromatic carbocycles. The van der Waals surface area contributed by atoms with Gasteiger partial charge in [-0.1, -0.05) is 66.5 Å². The van der Waals surface area contributed by atoms with Gasteiger partial charge >= 0.3 is 0 Å². The number of hydrogen-bond donors (Lipinski definition) is 1. The maximum Gasteiger partial charge on any atom is 0.244 e. The van der Waals surface area contributed by atoms with Crippen LogP contribution in [0.2, 0.25) is 10.0 Å². The molecule has 7 nitrogen and oxygen atoms in total. The Morgan fingerprint density at radius 1 is 1.03 bits per heavy atom. The topological polar surface area (TPSA) is 86.8 Å². The molecular weight excluding hydrogens is 509 g/mol. The molecule has 2 aromatic rings. The maximum absolute atomic E-state index is 13.6. The SMILES string of the molecule is CC[C@H](C(=O)NC(C)(C)C)N(CCc1ccccc1)C(=O)CN(c1cccc(Cl)c1Cl)S(C)(=O)=O. The van der Waals surface area contributed by atoms with Crippen LogP contribution in [0.25, 0.3) is 0 Å². The van der Waals surface area contributed by atoms with Gasteiger partial charge in [-0.2, -0.15) is 0 Å². The van der Waals surface area contributed by atoms with Gasteiger partial charge < -0.3 is 10.2 Å². The normalized spacial score (nSPS) is 12.7. The zero-order valence-corrected chi connectivity index (χ0v) is 23.0. The molecule has 1 atom stereocenters. The lowest BCUT2D eigenvalue weighted by Crippen LogP contribution is -2.56. The van der Waals surface area contributed by atoms with E-state index in [0.29, 0.717) is 12.8 Å². The number of hydrogen-bond acceptors (Lipinski definition) is 4. The number of amides is 2. The monoisotopic (exact) mass is 541 g/mol. The van der Waals surface area contributed by atoms with Crippen molar-refractivity contribution in [3.05, 3.63) is 64.1 Å².